The lowest BCUT2D eigenvalue weighted by atomic mass is 10.2. The van der Waals surface area contributed by atoms with Gasteiger partial charge in [-0.3, -0.25) is 9.59 Å². The summed E-state index contributed by atoms with van der Waals surface area (Å²) in [6.07, 6.45) is 0. The number of benzene rings is 2. The second-order valence-corrected chi connectivity index (χ2v) is 4.83. The number of para-hydroxylation sites is 1. The number of hydrogen-bond donors (Lipinski definition) is 2. The summed E-state index contributed by atoms with van der Waals surface area (Å²) in [5.41, 5.74) is 1.42. The molecule has 2 amide bonds. The average molecular weight is 301 g/mol. The highest BCUT2D eigenvalue weighted by atomic mass is 19.1. The lowest BCUT2D eigenvalue weighted by Crippen LogP contribution is -2.29. The third-order valence-corrected chi connectivity index (χ3v) is 2.97. The standard InChI is InChI=1S/C16H16FN3O2/c1-20(2)12-9-7-11(8-10-12)18-15(21)16(22)19-14-6-4-3-5-13(14)17/h3-10H,1-2H3,(H,18,21)(H,19,22). The summed E-state index contributed by atoms with van der Waals surface area (Å²) in [5.74, 6) is -2.39. The van der Waals surface area contributed by atoms with E-state index in [-0.39, 0.29) is 5.69 Å². The van der Waals surface area contributed by atoms with Crippen LogP contribution in [0.5, 0.6) is 0 Å². The first kappa shape index (κ1) is 15.5. The summed E-state index contributed by atoms with van der Waals surface area (Å²) in [6, 6.07) is 12.6. The number of anilines is 3. The maximum Gasteiger partial charge on any atom is 0.314 e. The van der Waals surface area contributed by atoms with Gasteiger partial charge in [0, 0.05) is 25.5 Å². The maximum absolute atomic E-state index is 13.4. The van der Waals surface area contributed by atoms with E-state index in [9.17, 15) is 14.0 Å². The molecule has 6 heteroatoms. The topological polar surface area (TPSA) is 61.4 Å². The third kappa shape index (κ3) is 3.82. The Labute approximate surface area is 127 Å². The van der Waals surface area contributed by atoms with Gasteiger partial charge in [-0.25, -0.2) is 4.39 Å². The number of carbonyl (C=O) groups is 2. The molecule has 2 rings (SSSR count). The van der Waals surface area contributed by atoms with Gasteiger partial charge in [-0.05, 0) is 36.4 Å². The van der Waals surface area contributed by atoms with Crippen molar-refractivity contribution in [3.63, 3.8) is 0 Å². The van der Waals surface area contributed by atoms with Gasteiger partial charge in [0.25, 0.3) is 0 Å². The van der Waals surface area contributed by atoms with E-state index in [2.05, 4.69) is 10.6 Å². The van der Waals surface area contributed by atoms with Crippen LogP contribution in [0, 0.1) is 5.82 Å². The number of halogens is 1. The van der Waals surface area contributed by atoms with E-state index in [4.69, 9.17) is 0 Å². The predicted octanol–water partition coefficient (Wildman–Crippen LogP) is 2.47. The minimum absolute atomic E-state index is 0.0365. The van der Waals surface area contributed by atoms with Gasteiger partial charge in [-0.1, -0.05) is 12.1 Å². The van der Waals surface area contributed by atoms with Crippen LogP contribution in [0.2, 0.25) is 0 Å². The van der Waals surface area contributed by atoms with Crippen molar-refractivity contribution in [1.82, 2.24) is 0 Å². The monoisotopic (exact) mass is 301 g/mol. The van der Waals surface area contributed by atoms with Gasteiger partial charge in [-0.15, -0.1) is 0 Å². The van der Waals surface area contributed by atoms with E-state index in [1.807, 2.05) is 31.1 Å². The molecule has 0 fully saturated rings. The highest BCUT2D eigenvalue weighted by Gasteiger charge is 2.15. The Hall–Kier alpha value is -2.89. The van der Waals surface area contributed by atoms with Crippen LogP contribution in [0.4, 0.5) is 21.5 Å². The smallest absolute Gasteiger partial charge is 0.314 e. The fourth-order valence-corrected chi connectivity index (χ4v) is 1.77. The molecule has 0 spiro atoms. The Morgan fingerprint density at radius 3 is 2.09 bits per heavy atom. The first-order valence-corrected chi connectivity index (χ1v) is 6.61. The van der Waals surface area contributed by atoms with Gasteiger partial charge >= 0.3 is 11.8 Å². The summed E-state index contributed by atoms with van der Waals surface area (Å²) in [7, 11) is 3.80. The van der Waals surface area contributed by atoms with E-state index >= 15 is 0 Å². The first-order chi connectivity index (χ1) is 10.5. The molecule has 0 aliphatic carbocycles. The van der Waals surface area contributed by atoms with E-state index in [1.165, 1.54) is 18.2 Å². The minimum Gasteiger partial charge on any atom is -0.378 e. The van der Waals surface area contributed by atoms with Crippen LogP contribution in [0.1, 0.15) is 0 Å². The molecular weight excluding hydrogens is 285 g/mol. The number of hydrogen-bond acceptors (Lipinski definition) is 3. The Morgan fingerprint density at radius 1 is 0.909 bits per heavy atom. The van der Waals surface area contributed by atoms with Crippen molar-refractivity contribution in [2.45, 2.75) is 0 Å². The molecule has 2 aromatic carbocycles. The van der Waals surface area contributed by atoms with Gasteiger partial charge in [0.2, 0.25) is 0 Å². The molecular formula is C16H16FN3O2. The fourth-order valence-electron chi connectivity index (χ4n) is 1.77. The lowest BCUT2D eigenvalue weighted by molar-refractivity contribution is -0.133. The molecule has 0 saturated heterocycles. The Kier molecular flexibility index (Phi) is 4.73. The van der Waals surface area contributed by atoms with Gasteiger partial charge in [0.05, 0.1) is 5.69 Å². The summed E-state index contributed by atoms with van der Waals surface area (Å²) >= 11 is 0. The molecule has 5 nitrogen and oxygen atoms in total. The van der Waals surface area contributed by atoms with Crippen LogP contribution in [-0.2, 0) is 9.59 Å². The molecule has 2 aromatic rings. The SMILES string of the molecule is CN(C)c1ccc(NC(=O)C(=O)Nc2ccccc2F)cc1. The van der Waals surface area contributed by atoms with E-state index in [0.29, 0.717) is 5.69 Å². The predicted molar refractivity (Wildman–Crippen MR) is 84.4 cm³/mol. The van der Waals surface area contributed by atoms with E-state index in [1.54, 1.807) is 18.2 Å². The zero-order valence-corrected chi connectivity index (χ0v) is 12.3. The highest BCUT2D eigenvalue weighted by Crippen LogP contribution is 2.16. The van der Waals surface area contributed by atoms with Crippen LogP contribution >= 0.6 is 0 Å². The van der Waals surface area contributed by atoms with Gasteiger partial charge in [0.15, 0.2) is 0 Å². The van der Waals surface area contributed by atoms with Crippen LogP contribution in [-0.4, -0.2) is 25.9 Å². The summed E-state index contributed by atoms with van der Waals surface area (Å²) < 4.78 is 13.4. The molecule has 0 saturated carbocycles. The second-order valence-electron chi connectivity index (χ2n) is 4.83. The summed E-state index contributed by atoms with van der Waals surface area (Å²) in [6.45, 7) is 0. The van der Waals surface area contributed by atoms with Crippen LogP contribution in [0.15, 0.2) is 48.5 Å². The molecule has 0 bridgehead atoms. The second kappa shape index (κ2) is 6.71. The molecule has 22 heavy (non-hydrogen) atoms. The molecule has 0 atom stereocenters. The molecule has 0 aromatic heterocycles. The quantitative estimate of drug-likeness (QED) is 0.856. The third-order valence-electron chi connectivity index (χ3n) is 2.97. The number of nitrogens with one attached hydrogen (secondary N) is 2. The van der Waals surface area contributed by atoms with Crippen molar-refractivity contribution >= 4 is 28.9 Å². The van der Waals surface area contributed by atoms with Gasteiger partial charge < -0.3 is 15.5 Å². The van der Waals surface area contributed by atoms with Crippen molar-refractivity contribution in [3.8, 4) is 0 Å². The van der Waals surface area contributed by atoms with E-state index < -0.39 is 17.6 Å². The number of rotatable bonds is 3. The zero-order valence-electron chi connectivity index (χ0n) is 12.3. The Balaban J connectivity index is 1.99. The van der Waals surface area contributed by atoms with Crippen molar-refractivity contribution < 1.29 is 14.0 Å². The number of carbonyl (C=O) groups excluding carboxylic acids is 2. The van der Waals surface area contributed by atoms with Crippen LogP contribution < -0.4 is 15.5 Å². The van der Waals surface area contributed by atoms with Crippen LogP contribution in [0.25, 0.3) is 0 Å². The highest BCUT2D eigenvalue weighted by molar-refractivity contribution is 6.43. The molecule has 0 aliphatic heterocycles. The maximum atomic E-state index is 13.4. The van der Waals surface area contributed by atoms with Crippen LogP contribution in [0.3, 0.4) is 0 Å². The molecule has 0 radical (unpaired) electrons. The number of amides is 2. The zero-order chi connectivity index (χ0) is 16.1. The van der Waals surface area contributed by atoms with Crippen molar-refractivity contribution in [1.29, 1.82) is 0 Å². The van der Waals surface area contributed by atoms with Crippen molar-refractivity contribution in [2.75, 3.05) is 29.6 Å². The average Bonchev–Trinajstić information content (AvgIpc) is 2.50. The van der Waals surface area contributed by atoms with E-state index in [0.717, 1.165) is 5.69 Å². The minimum atomic E-state index is -0.929. The van der Waals surface area contributed by atoms with Crippen molar-refractivity contribution in [2.24, 2.45) is 0 Å². The van der Waals surface area contributed by atoms with Crippen molar-refractivity contribution in [3.05, 3.63) is 54.3 Å². The normalized spacial score (nSPS) is 9.95. The molecule has 0 unspecified atom stereocenters. The number of nitrogens with zero attached hydrogens (tertiary/aromatic N) is 1. The fraction of sp³-hybridized carbons (Fsp3) is 0.125. The lowest BCUT2D eigenvalue weighted by Gasteiger charge is -2.13. The first-order valence-electron chi connectivity index (χ1n) is 6.61. The Bertz CT molecular complexity index is 684. The molecule has 2 N–H and O–H groups in total. The van der Waals surface area contributed by atoms with Gasteiger partial charge in [-0.2, -0.15) is 0 Å². The van der Waals surface area contributed by atoms with Gasteiger partial charge in [0.1, 0.15) is 5.82 Å². The molecule has 0 aliphatic rings. The Morgan fingerprint density at radius 2 is 1.50 bits per heavy atom. The summed E-state index contributed by atoms with van der Waals surface area (Å²) in [4.78, 5) is 25.5. The summed E-state index contributed by atoms with van der Waals surface area (Å²) in [5, 5.41) is 4.68. The molecule has 0 heterocycles. The largest absolute Gasteiger partial charge is 0.378 e. The molecule has 114 valence electrons.